The number of benzene rings is 2. The predicted molar refractivity (Wildman–Crippen MR) is 132 cm³/mol. The first-order chi connectivity index (χ1) is 15.2. The molecule has 0 radical (unpaired) electrons. The Labute approximate surface area is 192 Å². The van der Waals surface area contributed by atoms with E-state index in [0.29, 0.717) is 0 Å². The van der Waals surface area contributed by atoms with Crippen molar-refractivity contribution in [3.8, 4) is 11.8 Å². The van der Waals surface area contributed by atoms with Gasteiger partial charge in [-0.3, -0.25) is 9.69 Å². The van der Waals surface area contributed by atoms with Gasteiger partial charge in [-0.1, -0.05) is 12.3 Å². The highest BCUT2D eigenvalue weighted by Crippen LogP contribution is 2.37. The van der Waals surface area contributed by atoms with Crippen molar-refractivity contribution in [2.45, 2.75) is 59.4 Å². The number of rotatable bonds is 5. The molecule has 1 saturated heterocycles. The van der Waals surface area contributed by atoms with Crippen LogP contribution in [0.1, 0.15) is 63.6 Å². The number of hydrogen-bond donors (Lipinski definition) is 2. The largest absolute Gasteiger partial charge is 0.399 e. The summed E-state index contributed by atoms with van der Waals surface area (Å²) in [6.45, 7) is 11.8. The van der Waals surface area contributed by atoms with E-state index >= 15 is 0 Å². The molecule has 3 N–H and O–H groups in total. The maximum Gasteiger partial charge on any atom is 0.154 e. The van der Waals surface area contributed by atoms with Crippen LogP contribution in [0.5, 0.6) is 0 Å². The highest BCUT2D eigenvalue weighted by atomic mass is 19.1. The van der Waals surface area contributed by atoms with Crippen molar-refractivity contribution in [3.05, 3.63) is 58.9 Å². The zero-order valence-corrected chi connectivity index (χ0v) is 20.0. The Kier molecular flexibility index (Phi) is 9.28. The summed E-state index contributed by atoms with van der Waals surface area (Å²) in [6.07, 6.45) is 3.39. The molecule has 0 aromatic heterocycles. The van der Waals surface area contributed by atoms with Gasteiger partial charge in [0.05, 0.1) is 0 Å². The second kappa shape index (κ2) is 11.7. The lowest BCUT2D eigenvalue weighted by Gasteiger charge is -2.43. The average molecular weight is 438 g/mol. The Morgan fingerprint density at radius 3 is 2.34 bits per heavy atom. The number of piperidine rings is 1. The van der Waals surface area contributed by atoms with Crippen molar-refractivity contribution < 1.29 is 9.18 Å². The number of halogens is 1. The third-order valence-electron chi connectivity index (χ3n) is 6.12. The molecule has 2 aromatic rings. The van der Waals surface area contributed by atoms with E-state index in [1.54, 1.807) is 6.92 Å². The van der Waals surface area contributed by atoms with E-state index in [2.05, 4.69) is 22.1 Å². The average Bonchev–Trinajstić information content (AvgIpc) is 2.78. The molecule has 2 aromatic carbocycles. The second-order valence-electron chi connectivity index (χ2n) is 8.33. The number of ketones is 1. The summed E-state index contributed by atoms with van der Waals surface area (Å²) in [5, 5.41) is 3.20. The highest BCUT2D eigenvalue weighted by Gasteiger charge is 2.40. The minimum absolute atomic E-state index is 0.0746. The van der Waals surface area contributed by atoms with Crippen molar-refractivity contribution in [3.63, 3.8) is 0 Å². The SMILES string of the molecule is CC#Cc1ccc(N)cc1.CCNc1cc(F)cc(C(C)(C(C)=O)N2CCCCC2)c1C. The lowest BCUT2D eigenvalue weighted by molar-refractivity contribution is -0.129. The molecule has 5 heteroatoms. The molecular formula is C27H36FN3O. The molecule has 0 aliphatic carbocycles. The lowest BCUT2D eigenvalue weighted by atomic mass is 9.82. The topological polar surface area (TPSA) is 58.4 Å². The minimum Gasteiger partial charge on any atom is -0.399 e. The molecule has 32 heavy (non-hydrogen) atoms. The summed E-state index contributed by atoms with van der Waals surface area (Å²) >= 11 is 0. The number of nitrogens with zero attached hydrogens (tertiary/aromatic N) is 1. The lowest BCUT2D eigenvalue weighted by Crippen LogP contribution is -2.51. The second-order valence-corrected chi connectivity index (χ2v) is 8.33. The van der Waals surface area contributed by atoms with Gasteiger partial charge in [0.15, 0.2) is 5.78 Å². The Balaban J connectivity index is 0.000000303. The Morgan fingerprint density at radius 1 is 1.19 bits per heavy atom. The smallest absolute Gasteiger partial charge is 0.154 e. The van der Waals surface area contributed by atoms with E-state index in [-0.39, 0.29) is 11.6 Å². The van der Waals surface area contributed by atoms with Crippen LogP contribution in [0.15, 0.2) is 36.4 Å². The zero-order chi connectivity index (χ0) is 23.7. The third kappa shape index (κ3) is 6.11. The molecule has 0 spiro atoms. The first-order valence-electron chi connectivity index (χ1n) is 11.3. The van der Waals surface area contributed by atoms with E-state index in [4.69, 9.17) is 5.73 Å². The third-order valence-corrected chi connectivity index (χ3v) is 6.12. The van der Waals surface area contributed by atoms with Crippen molar-refractivity contribution >= 4 is 17.2 Å². The molecule has 0 saturated carbocycles. The van der Waals surface area contributed by atoms with Gasteiger partial charge in [0, 0.05) is 23.5 Å². The van der Waals surface area contributed by atoms with E-state index in [9.17, 15) is 9.18 Å². The van der Waals surface area contributed by atoms with E-state index in [0.717, 1.165) is 60.5 Å². The summed E-state index contributed by atoms with van der Waals surface area (Å²) in [5.41, 5.74) is 9.05. The fraction of sp³-hybridized carbons (Fsp3) is 0.444. The van der Waals surface area contributed by atoms with Crippen LogP contribution in [0, 0.1) is 24.6 Å². The van der Waals surface area contributed by atoms with Gasteiger partial charge in [-0.05, 0) is 108 Å². The molecule has 4 nitrogen and oxygen atoms in total. The molecule has 0 amide bonds. The Morgan fingerprint density at radius 2 is 1.81 bits per heavy atom. The van der Waals surface area contributed by atoms with Crippen LogP contribution in [0.4, 0.5) is 15.8 Å². The summed E-state index contributed by atoms with van der Waals surface area (Å²) in [4.78, 5) is 14.7. The quantitative estimate of drug-likeness (QED) is 0.479. The highest BCUT2D eigenvalue weighted by molar-refractivity contribution is 5.88. The van der Waals surface area contributed by atoms with Gasteiger partial charge in [0.25, 0.3) is 0 Å². The Bertz CT molecular complexity index is 969. The fourth-order valence-corrected chi connectivity index (χ4v) is 4.19. The van der Waals surface area contributed by atoms with Gasteiger partial charge >= 0.3 is 0 Å². The van der Waals surface area contributed by atoms with Gasteiger partial charge in [0.2, 0.25) is 0 Å². The van der Waals surface area contributed by atoms with Crippen molar-refractivity contribution in [2.24, 2.45) is 0 Å². The minimum atomic E-state index is -0.753. The number of hydrogen-bond acceptors (Lipinski definition) is 4. The summed E-state index contributed by atoms with van der Waals surface area (Å²) in [6, 6.07) is 10.6. The summed E-state index contributed by atoms with van der Waals surface area (Å²) in [7, 11) is 0. The molecule has 1 unspecified atom stereocenters. The van der Waals surface area contributed by atoms with Crippen LogP contribution >= 0.6 is 0 Å². The molecule has 1 atom stereocenters. The van der Waals surface area contributed by atoms with Gasteiger partial charge in [-0.2, -0.15) is 0 Å². The van der Waals surface area contributed by atoms with Crippen molar-refractivity contribution in [1.82, 2.24) is 4.90 Å². The Hall–Kier alpha value is -2.84. The number of carbonyl (C=O) groups excluding carboxylic acids is 1. The van der Waals surface area contributed by atoms with Crippen molar-refractivity contribution in [2.75, 3.05) is 30.7 Å². The van der Waals surface area contributed by atoms with Crippen LogP contribution in [0.25, 0.3) is 0 Å². The van der Waals surface area contributed by atoms with E-state index in [1.165, 1.54) is 18.6 Å². The standard InChI is InChI=1S/C18H27FN2O.C9H9N/c1-5-20-17-12-15(19)11-16(13(17)2)18(4,14(3)22)21-9-7-6-8-10-21;1-2-3-8-4-6-9(10)7-5-8/h11-12,20H,5-10H2,1-4H3;4-7H,10H2,1H3. The zero-order valence-electron chi connectivity index (χ0n) is 20.0. The molecule has 1 heterocycles. The summed E-state index contributed by atoms with van der Waals surface area (Å²) < 4.78 is 14.1. The first-order valence-corrected chi connectivity index (χ1v) is 11.3. The number of nitrogens with one attached hydrogen (secondary N) is 1. The number of nitrogens with two attached hydrogens (primary N) is 1. The molecule has 1 aliphatic heterocycles. The number of Topliss-reactive ketones (excluding diaryl/α,β-unsaturated/α-hetero) is 1. The van der Waals surface area contributed by atoms with Crippen LogP contribution in [0.2, 0.25) is 0 Å². The molecule has 0 bridgehead atoms. The summed E-state index contributed by atoms with van der Waals surface area (Å²) in [5.74, 6) is 5.53. The van der Waals surface area contributed by atoms with Gasteiger partial charge < -0.3 is 11.1 Å². The monoisotopic (exact) mass is 437 g/mol. The normalized spacial score (nSPS) is 15.4. The van der Waals surface area contributed by atoms with Gasteiger partial charge in [-0.25, -0.2) is 4.39 Å². The number of anilines is 2. The fourth-order valence-electron chi connectivity index (χ4n) is 4.19. The van der Waals surface area contributed by atoms with Crippen LogP contribution in [-0.4, -0.2) is 30.3 Å². The number of carbonyl (C=O) groups is 1. The predicted octanol–water partition coefficient (Wildman–Crippen LogP) is 5.50. The maximum absolute atomic E-state index is 14.1. The number of likely N-dealkylation sites (tertiary alicyclic amines) is 1. The van der Waals surface area contributed by atoms with Crippen LogP contribution in [0.3, 0.4) is 0 Å². The molecule has 1 fully saturated rings. The van der Waals surface area contributed by atoms with Crippen molar-refractivity contribution in [1.29, 1.82) is 0 Å². The van der Waals surface area contributed by atoms with E-state index in [1.807, 2.05) is 52.0 Å². The maximum atomic E-state index is 14.1. The molecule has 1 aliphatic rings. The van der Waals surface area contributed by atoms with E-state index < -0.39 is 5.54 Å². The van der Waals surface area contributed by atoms with Crippen LogP contribution in [-0.2, 0) is 10.3 Å². The molecule has 172 valence electrons. The van der Waals surface area contributed by atoms with Gasteiger partial charge in [-0.15, -0.1) is 5.92 Å². The molecule has 3 rings (SSSR count). The number of nitrogen functional groups attached to an aromatic ring is 1. The molecular weight excluding hydrogens is 401 g/mol. The first kappa shape index (κ1) is 25.4. The van der Waals surface area contributed by atoms with Crippen LogP contribution < -0.4 is 11.1 Å². The van der Waals surface area contributed by atoms with Gasteiger partial charge in [0.1, 0.15) is 11.4 Å².